The van der Waals surface area contributed by atoms with Crippen molar-refractivity contribution in [3.63, 3.8) is 0 Å². The number of carbonyl (C=O) groups is 4. The van der Waals surface area contributed by atoms with Gasteiger partial charge in [-0.2, -0.15) is 0 Å². The number of hydrogen-bond donors (Lipinski definition) is 2. The Balaban J connectivity index is 1.78. The molecule has 2 N–H and O–H groups in total. The maximum absolute atomic E-state index is 13.8. The summed E-state index contributed by atoms with van der Waals surface area (Å²) in [7, 11) is 1.41. The Morgan fingerprint density at radius 3 is 2.26 bits per heavy atom. The summed E-state index contributed by atoms with van der Waals surface area (Å²) in [5, 5.41) is 12.1. The van der Waals surface area contributed by atoms with Gasteiger partial charge in [0.25, 0.3) is 0 Å². The fraction of sp³-hybridized carbons (Fsp3) is 0.429. The minimum atomic E-state index is -1.17. The summed E-state index contributed by atoms with van der Waals surface area (Å²) in [6, 6.07) is 16.6. The summed E-state index contributed by atoms with van der Waals surface area (Å²) in [6.45, 7) is 1.60. The van der Waals surface area contributed by atoms with Gasteiger partial charge in [0.1, 0.15) is 31.5 Å². The second-order valence-electron chi connectivity index (χ2n) is 9.10. The molecule has 3 atom stereocenters. The van der Waals surface area contributed by atoms with Gasteiger partial charge in [-0.3, -0.25) is 14.4 Å². The molecule has 10 heteroatoms. The number of likely N-dealkylation sites (tertiary alicyclic amines) is 1. The van der Waals surface area contributed by atoms with E-state index in [2.05, 4.69) is 5.32 Å². The molecule has 38 heavy (non-hydrogen) atoms. The predicted molar refractivity (Wildman–Crippen MR) is 139 cm³/mol. The van der Waals surface area contributed by atoms with Gasteiger partial charge in [-0.05, 0) is 30.4 Å². The molecule has 0 saturated carbocycles. The molecule has 1 saturated heterocycles. The van der Waals surface area contributed by atoms with Crippen LogP contribution in [0.2, 0.25) is 0 Å². The summed E-state index contributed by atoms with van der Waals surface area (Å²) in [5.41, 5.74) is 1.63. The molecule has 0 bridgehead atoms. The molecule has 1 heterocycles. The third-order valence-electron chi connectivity index (χ3n) is 6.46. The standard InChI is InChI=1S/C28H35N3O7/c1-3-24(37-2)31(18-25(32)33)27(35)23-15-10-16-30(23)26(34)22(17-20-11-6-4-7-12-20)29-28(36)38-19-21-13-8-5-9-14-21/h4-9,11-14,22-24H,3,10,15-19H2,1-2H3,(H,29,36)(H,32,33)/t22-,23-,24?/m0/s1. The van der Waals surface area contributed by atoms with Gasteiger partial charge in [0.05, 0.1) is 0 Å². The highest BCUT2D eigenvalue weighted by molar-refractivity contribution is 5.93. The second-order valence-corrected chi connectivity index (χ2v) is 9.10. The van der Waals surface area contributed by atoms with Crippen LogP contribution in [0.25, 0.3) is 0 Å². The van der Waals surface area contributed by atoms with Crippen molar-refractivity contribution in [2.45, 2.75) is 57.5 Å². The van der Waals surface area contributed by atoms with Gasteiger partial charge in [0, 0.05) is 20.1 Å². The highest BCUT2D eigenvalue weighted by Crippen LogP contribution is 2.23. The molecule has 2 aromatic rings. The number of carboxylic acids is 1. The molecule has 3 rings (SSSR count). The van der Waals surface area contributed by atoms with Gasteiger partial charge < -0.3 is 29.7 Å². The zero-order valence-electron chi connectivity index (χ0n) is 21.7. The largest absolute Gasteiger partial charge is 0.480 e. The van der Waals surface area contributed by atoms with Crippen LogP contribution in [-0.4, -0.2) is 77.3 Å². The number of methoxy groups -OCH3 is 1. The molecular formula is C28H35N3O7. The molecule has 0 aliphatic carbocycles. The van der Waals surface area contributed by atoms with Crippen LogP contribution in [0.5, 0.6) is 0 Å². The minimum Gasteiger partial charge on any atom is -0.480 e. The van der Waals surface area contributed by atoms with E-state index < -0.39 is 48.7 Å². The first-order chi connectivity index (χ1) is 18.3. The molecule has 2 aromatic carbocycles. The van der Waals surface area contributed by atoms with Crippen LogP contribution in [0.1, 0.15) is 37.3 Å². The van der Waals surface area contributed by atoms with Crippen molar-refractivity contribution in [2.75, 3.05) is 20.2 Å². The number of hydrogen-bond acceptors (Lipinski definition) is 6. The lowest BCUT2D eigenvalue weighted by Crippen LogP contribution is -2.56. The number of alkyl carbamates (subject to hydrolysis) is 1. The third-order valence-corrected chi connectivity index (χ3v) is 6.46. The molecule has 204 valence electrons. The van der Waals surface area contributed by atoms with Gasteiger partial charge in [-0.1, -0.05) is 67.6 Å². The molecule has 1 fully saturated rings. The smallest absolute Gasteiger partial charge is 0.408 e. The van der Waals surface area contributed by atoms with Crippen molar-refractivity contribution in [3.05, 3.63) is 71.8 Å². The molecule has 1 aliphatic rings. The van der Waals surface area contributed by atoms with E-state index in [0.29, 0.717) is 25.8 Å². The number of ether oxygens (including phenoxy) is 2. The quantitative estimate of drug-likeness (QED) is 0.408. The predicted octanol–water partition coefficient (Wildman–Crippen LogP) is 2.81. The zero-order chi connectivity index (χ0) is 27.5. The number of amides is 3. The van der Waals surface area contributed by atoms with Crippen LogP contribution in [0, 0.1) is 0 Å². The Hall–Kier alpha value is -3.92. The Bertz CT molecular complexity index is 1080. The Morgan fingerprint density at radius 2 is 1.68 bits per heavy atom. The highest BCUT2D eigenvalue weighted by Gasteiger charge is 2.41. The SMILES string of the molecule is CCC(OC)N(CC(=O)O)C(=O)[C@@H]1CCCN1C(=O)[C@H](Cc1ccccc1)NC(=O)OCc1ccccc1. The summed E-state index contributed by atoms with van der Waals surface area (Å²) in [6.07, 6.45) is 0.0689. The first-order valence-electron chi connectivity index (χ1n) is 12.7. The number of rotatable bonds is 12. The number of aliphatic carboxylic acids is 1. The van der Waals surface area contributed by atoms with Gasteiger partial charge in [0.2, 0.25) is 11.8 Å². The fourth-order valence-electron chi connectivity index (χ4n) is 4.62. The fourth-order valence-corrected chi connectivity index (χ4v) is 4.62. The summed E-state index contributed by atoms with van der Waals surface area (Å²) in [5.74, 6) is -2.09. The molecule has 0 spiro atoms. The number of carbonyl (C=O) groups excluding carboxylic acids is 3. The summed E-state index contributed by atoms with van der Waals surface area (Å²) < 4.78 is 10.7. The molecule has 0 radical (unpaired) electrons. The van der Waals surface area contributed by atoms with Crippen LogP contribution < -0.4 is 5.32 Å². The van der Waals surface area contributed by atoms with Crippen molar-refractivity contribution in [3.8, 4) is 0 Å². The zero-order valence-corrected chi connectivity index (χ0v) is 21.7. The van der Waals surface area contributed by atoms with Crippen molar-refractivity contribution in [1.29, 1.82) is 0 Å². The molecule has 1 unspecified atom stereocenters. The van der Waals surface area contributed by atoms with E-state index in [1.165, 1.54) is 12.0 Å². The number of nitrogens with one attached hydrogen (secondary N) is 1. The van der Waals surface area contributed by atoms with Crippen LogP contribution in [0.3, 0.4) is 0 Å². The maximum Gasteiger partial charge on any atom is 0.408 e. The van der Waals surface area contributed by atoms with Crippen molar-refractivity contribution in [2.24, 2.45) is 0 Å². The maximum atomic E-state index is 13.8. The van der Waals surface area contributed by atoms with Crippen LogP contribution in [-0.2, 0) is 36.9 Å². The van der Waals surface area contributed by atoms with Gasteiger partial charge >= 0.3 is 12.1 Å². The molecule has 10 nitrogen and oxygen atoms in total. The Labute approximate surface area is 222 Å². The lowest BCUT2D eigenvalue weighted by Gasteiger charge is -2.34. The average molecular weight is 526 g/mol. The first kappa shape index (κ1) is 28.6. The molecule has 1 aliphatic heterocycles. The lowest BCUT2D eigenvalue weighted by atomic mass is 10.0. The first-order valence-corrected chi connectivity index (χ1v) is 12.7. The normalized spacial score (nSPS) is 16.4. The van der Waals surface area contributed by atoms with E-state index in [4.69, 9.17) is 9.47 Å². The average Bonchev–Trinajstić information content (AvgIpc) is 3.42. The van der Waals surface area contributed by atoms with Crippen LogP contribution in [0.15, 0.2) is 60.7 Å². The molecule has 3 amide bonds. The van der Waals surface area contributed by atoms with Crippen molar-refractivity contribution >= 4 is 23.9 Å². The number of carboxylic acid groups (broad SMARTS) is 1. The van der Waals surface area contributed by atoms with Crippen molar-refractivity contribution in [1.82, 2.24) is 15.1 Å². The monoisotopic (exact) mass is 525 g/mol. The Kier molecular flexibility index (Phi) is 10.7. The third kappa shape index (κ3) is 7.79. The molecular weight excluding hydrogens is 490 g/mol. The van der Waals surface area contributed by atoms with E-state index in [-0.39, 0.29) is 13.0 Å². The number of nitrogens with zero attached hydrogens (tertiary/aromatic N) is 2. The van der Waals surface area contributed by atoms with Gasteiger partial charge in [-0.15, -0.1) is 0 Å². The summed E-state index contributed by atoms with van der Waals surface area (Å²) in [4.78, 5) is 54.0. The van der Waals surface area contributed by atoms with E-state index in [9.17, 15) is 24.3 Å². The highest BCUT2D eigenvalue weighted by atomic mass is 16.5. The summed E-state index contributed by atoms with van der Waals surface area (Å²) >= 11 is 0. The molecule has 0 aromatic heterocycles. The van der Waals surface area contributed by atoms with Crippen molar-refractivity contribution < 1.29 is 33.8 Å². The van der Waals surface area contributed by atoms with Gasteiger partial charge in [0.15, 0.2) is 0 Å². The van der Waals surface area contributed by atoms with Gasteiger partial charge in [-0.25, -0.2) is 4.79 Å². The Morgan fingerprint density at radius 1 is 1.05 bits per heavy atom. The topological polar surface area (TPSA) is 125 Å². The minimum absolute atomic E-state index is 0.0450. The van der Waals surface area contributed by atoms with Crippen LogP contribution >= 0.6 is 0 Å². The number of benzene rings is 2. The van der Waals surface area contributed by atoms with Crippen LogP contribution in [0.4, 0.5) is 4.79 Å². The lowest BCUT2D eigenvalue weighted by molar-refractivity contribution is -0.159. The van der Waals surface area contributed by atoms with E-state index in [1.807, 2.05) is 60.7 Å². The van der Waals surface area contributed by atoms with E-state index >= 15 is 0 Å². The van der Waals surface area contributed by atoms with E-state index in [1.54, 1.807) is 6.92 Å². The second kappa shape index (κ2) is 14.1. The van der Waals surface area contributed by atoms with E-state index in [0.717, 1.165) is 16.0 Å².